The predicted octanol–water partition coefficient (Wildman–Crippen LogP) is 3.11. The molecule has 2 heterocycles. The first-order chi connectivity index (χ1) is 15.0. The number of nitrogens with zero attached hydrogens (tertiary/aromatic N) is 3. The van der Waals surface area contributed by atoms with Gasteiger partial charge >= 0.3 is 0 Å². The van der Waals surface area contributed by atoms with E-state index in [0.717, 1.165) is 10.1 Å². The van der Waals surface area contributed by atoms with Gasteiger partial charge in [-0.3, -0.25) is 18.8 Å². The molecule has 0 fully saturated rings. The van der Waals surface area contributed by atoms with E-state index in [0.29, 0.717) is 5.56 Å². The highest BCUT2D eigenvalue weighted by atomic mass is 19.1. The van der Waals surface area contributed by atoms with Crippen LogP contribution < -0.4 is 0 Å². The molecular weight excluding hydrogens is 401 g/mol. The molecule has 8 heteroatoms. The molecule has 0 bridgehead atoms. The van der Waals surface area contributed by atoms with Crippen molar-refractivity contribution >= 4 is 11.6 Å². The predicted molar refractivity (Wildman–Crippen MR) is 108 cm³/mol. The molecule has 0 saturated carbocycles. The summed E-state index contributed by atoms with van der Waals surface area (Å²) in [5, 5.41) is 25.6. The van der Waals surface area contributed by atoms with E-state index in [1.165, 1.54) is 35.1 Å². The van der Waals surface area contributed by atoms with Gasteiger partial charge in [0.2, 0.25) is 23.3 Å². The normalized spacial score (nSPS) is 12.7. The molecule has 2 aromatic carbocycles. The number of hydrogen-bond donors (Lipinski definition) is 2. The highest BCUT2D eigenvalue weighted by Crippen LogP contribution is 2.41. The second kappa shape index (κ2) is 6.94. The standard InChI is InChI=1S/C23H16FN3O4/c24-15-8-6-14(7-9-15)11-26-22(30)17-18(23(26)31)21(29)19-16(20(17)28)10-25-27(19)12-13-4-2-1-3-5-13/h1-10,30-31H,11-12H2. The molecule has 0 atom stereocenters. The Bertz CT molecular complexity index is 1340. The molecule has 0 unspecified atom stereocenters. The summed E-state index contributed by atoms with van der Waals surface area (Å²) in [6, 6.07) is 14.8. The van der Waals surface area contributed by atoms with Gasteiger partial charge in [-0.05, 0) is 23.3 Å². The molecule has 2 N–H and O–H groups in total. The van der Waals surface area contributed by atoms with Gasteiger partial charge in [0.15, 0.2) is 0 Å². The average molecular weight is 417 g/mol. The number of ketones is 2. The van der Waals surface area contributed by atoms with Crippen molar-refractivity contribution in [2.45, 2.75) is 13.1 Å². The zero-order valence-corrected chi connectivity index (χ0v) is 16.1. The third kappa shape index (κ3) is 2.92. The van der Waals surface area contributed by atoms with Crippen LogP contribution in [0, 0.1) is 5.82 Å². The molecule has 0 saturated heterocycles. The molecule has 154 valence electrons. The molecule has 5 rings (SSSR count). The third-order valence-electron chi connectivity index (χ3n) is 5.39. The van der Waals surface area contributed by atoms with Crippen molar-refractivity contribution in [3.8, 4) is 11.8 Å². The number of hydrogen-bond acceptors (Lipinski definition) is 5. The molecule has 4 aromatic rings. The average Bonchev–Trinajstić information content (AvgIpc) is 3.29. The summed E-state index contributed by atoms with van der Waals surface area (Å²) >= 11 is 0. The van der Waals surface area contributed by atoms with Crippen LogP contribution in [0.2, 0.25) is 0 Å². The molecule has 0 radical (unpaired) electrons. The lowest BCUT2D eigenvalue weighted by atomic mass is 9.90. The van der Waals surface area contributed by atoms with Crippen molar-refractivity contribution in [2.24, 2.45) is 0 Å². The molecule has 31 heavy (non-hydrogen) atoms. The smallest absolute Gasteiger partial charge is 0.218 e. The number of fused-ring (bicyclic) bond motifs is 2. The van der Waals surface area contributed by atoms with Gasteiger partial charge in [0, 0.05) is 0 Å². The van der Waals surface area contributed by atoms with Gasteiger partial charge in [-0.2, -0.15) is 5.10 Å². The molecule has 2 aromatic heterocycles. The lowest BCUT2D eigenvalue weighted by Crippen LogP contribution is -2.22. The Hall–Kier alpha value is -4.20. The van der Waals surface area contributed by atoms with Gasteiger partial charge in [0.1, 0.15) is 17.1 Å². The van der Waals surface area contributed by atoms with E-state index in [9.17, 15) is 24.2 Å². The van der Waals surface area contributed by atoms with Crippen LogP contribution in [-0.4, -0.2) is 36.1 Å². The van der Waals surface area contributed by atoms with Gasteiger partial charge in [-0.15, -0.1) is 0 Å². The number of rotatable bonds is 4. The maximum atomic E-state index is 13.3. The van der Waals surface area contributed by atoms with Crippen LogP contribution in [0.15, 0.2) is 60.8 Å². The largest absolute Gasteiger partial charge is 0.494 e. The first kappa shape index (κ1) is 18.8. The van der Waals surface area contributed by atoms with Gasteiger partial charge < -0.3 is 10.2 Å². The Kier molecular flexibility index (Phi) is 4.21. The molecule has 1 aliphatic carbocycles. The summed E-state index contributed by atoms with van der Waals surface area (Å²) in [7, 11) is 0. The van der Waals surface area contributed by atoms with Gasteiger partial charge in [0.05, 0.1) is 30.4 Å². The molecule has 1 aliphatic rings. The Morgan fingerprint density at radius 3 is 2.10 bits per heavy atom. The van der Waals surface area contributed by atoms with Crippen LogP contribution in [-0.2, 0) is 13.1 Å². The van der Waals surface area contributed by atoms with Crippen molar-refractivity contribution in [1.82, 2.24) is 14.3 Å². The van der Waals surface area contributed by atoms with Crippen molar-refractivity contribution in [3.05, 3.63) is 100 Å². The van der Waals surface area contributed by atoms with Gasteiger partial charge in [-0.25, -0.2) is 4.39 Å². The Balaban J connectivity index is 1.58. The topological polar surface area (TPSA) is 97.4 Å². The number of carbonyl (C=O) groups is 2. The van der Waals surface area contributed by atoms with E-state index in [4.69, 9.17) is 0 Å². The summed E-state index contributed by atoms with van der Waals surface area (Å²) in [5.41, 5.74) is 1.09. The van der Waals surface area contributed by atoms with Crippen LogP contribution in [0.5, 0.6) is 11.8 Å². The van der Waals surface area contributed by atoms with E-state index < -0.39 is 29.1 Å². The van der Waals surface area contributed by atoms with Crippen LogP contribution in [0.4, 0.5) is 4.39 Å². The fraction of sp³-hybridized carbons (Fsp3) is 0.0870. The second-order valence-electron chi connectivity index (χ2n) is 7.32. The number of carbonyl (C=O) groups excluding carboxylic acids is 2. The summed E-state index contributed by atoms with van der Waals surface area (Å²) in [4.78, 5) is 26.3. The van der Waals surface area contributed by atoms with Gasteiger partial charge in [-0.1, -0.05) is 42.5 Å². The van der Waals surface area contributed by atoms with Crippen LogP contribution in [0.1, 0.15) is 43.1 Å². The first-order valence-electron chi connectivity index (χ1n) is 9.53. The minimum absolute atomic E-state index is 0.0437. The molecule has 0 amide bonds. The van der Waals surface area contributed by atoms with Gasteiger partial charge in [0.25, 0.3) is 0 Å². The zero-order chi connectivity index (χ0) is 21.7. The van der Waals surface area contributed by atoms with E-state index in [2.05, 4.69) is 5.10 Å². The number of aromatic hydroxyl groups is 2. The maximum Gasteiger partial charge on any atom is 0.218 e. The molecule has 0 spiro atoms. The SMILES string of the molecule is O=C1c2cnn(Cc3ccccc3)c2C(=O)c2c1c(O)n(Cc1ccc(F)cc1)c2O. The lowest BCUT2D eigenvalue weighted by Gasteiger charge is -2.13. The minimum Gasteiger partial charge on any atom is -0.494 e. The molecule has 7 nitrogen and oxygen atoms in total. The van der Waals surface area contributed by atoms with E-state index >= 15 is 0 Å². The second-order valence-corrected chi connectivity index (χ2v) is 7.32. The quantitative estimate of drug-likeness (QED) is 0.468. The fourth-order valence-corrected chi connectivity index (χ4v) is 3.87. The number of aromatic nitrogens is 3. The zero-order valence-electron chi connectivity index (χ0n) is 16.1. The number of benzene rings is 2. The minimum atomic E-state index is -0.594. The highest BCUT2D eigenvalue weighted by molar-refractivity contribution is 6.29. The van der Waals surface area contributed by atoms with Crippen LogP contribution in [0.3, 0.4) is 0 Å². The van der Waals surface area contributed by atoms with Crippen LogP contribution >= 0.6 is 0 Å². The summed E-state index contributed by atoms with van der Waals surface area (Å²) in [5.74, 6) is -2.64. The van der Waals surface area contributed by atoms with Crippen LogP contribution in [0.25, 0.3) is 0 Å². The maximum absolute atomic E-state index is 13.3. The highest BCUT2D eigenvalue weighted by Gasteiger charge is 2.41. The van der Waals surface area contributed by atoms with E-state index in [-0.39, 0.29) is 35.5 Å². The summed E-state index contributed by atoms with van der Waals surface area (Å²) in [6.45, 7) is 0.228. The fourth-order valence-electron chi connectivity index (χ4n) is 3.87. The summed E-state index contributed by atoms with van der Waals surface area (Å²) in [6.07, 6.45) is 1.30. The van der Waals surface area contributed by atoms with Crippen molar-refractivity contribution in [2.75, 3.05) is 0 Å². The van der Waals surface area contributed by atoms with Crippen molar-refractivity contribution < 1.29 is 24.2 Å². The molecule has 0 aliphatic heterocycles. The van der Waals surface area contributed by atoms with E-state index in [1.807, 2.05) is 30.3 Å². The Labute approximate surface area is 175 Å². The van der Waals surface area contributed by atoms with E-state index in [1.54, 1.807) is 0 Å². The lowest BCUT2D eigenvalue weighted by molar-refractivity contribution is 0.0970. The first-order valence-corrected chi connectivity index (χ1v) is 9.53. The molecular formula is C23H16FN3O4. The Morgan fingerprint density at radius 2 is 1.42 bits per heavy atom. The number of halogens is 1. The van der Waals surface area contributed by atoms with Crippen molar-refractivity contribution in [3.63, 3.8) is 0 Å². The third-order valence-corrected chi connectivity index (χ3v) is 5.39. The summed E-state index contributed by atoms with van der Waals surface area (Å²) < 4.78 is 15.7. The Morgan fingerprint density at radius 1 is 0.806 bits per heavy atom. The van der Waals surface area contributed by atoms with Crippen molar-refractivity contribution in [1.29, 1.82) is 0 Å². The monoisotopic (exact) mass is 417 g/mol.